The lowest BCUT2D eigenvalue weighted by Crippen LogP contribution is -2.19. The van der Waals surface area contributed by atoms with Crippen LogP contribution in [0.5, 0.6) is 5.75 Å². The van der Waals surface area contributed by atoms with E-state index in [1.54, 1.807) is 0 Å². The van der Waals surface area contributed by atoms with E-state index in [1.807, 2.05) is 6.07 Å². The molecule has 1 saturated carbocycles. The number of hydrogen-bond donors (Lipinski definition) is 1. The van der Waals surface area contributed by atoms with E-state index in [0.29, 0.717) is 5.92 Å². The van der Waals surface area contributed by atoms with Crippen LogP contribution >= 0.6 is 0 Å². The molecule has 0 bridgehead atoms. The lowest BCUT2D eigenvalue weighted by atomic mass is 9.83. The Hall–Kier alpha value is -1.02. The van der Waals surface area contributed by atoms with Crippen LogP contribution in [-0.2, 0) is 5.41 Å². The molecule has 1 aromatic rings. The van der Waals surface area contributed by atoms with Gasteiger partial charge in [-0.1, -0.05) is 45.6 Å². The summed E-state index contributed by atoms with van der Waals surface area (Å²) in [6.07, 6.45) is 7.20. The van der Waals surface area contributed by atoms with Crippen LogP contribution in [0.2, 0.25) is 0 Å². The van der Waals surface area contributed by atoms with Crippen LogP contribution in [0.25, 0.3) is 0 Å². The van der Waals surface area contributed by atoms with Crippen molar-refractivity contribution in [3.05, 3.63) is 29.3 Å². The highest BCUT2D eigenvalue weighted by Gasteiger charge is 2.33. The SMILES string of the molecule is CC1(C)COc2ccc(C(O)C3CCCCCC3)cc21. The molecule has 0 radical (unpaired) electrons. The fraction of sp³-hybridized carbons (Fsp3) is 0.667. The maximum absolute atomic E-state index is 10.7. The molecule has 1 N–H and O–H groups in total. The number of aliphatic hydroxyl groups is 1. The third kappa shape index (κ3) is 2.58. The maximum Gasteiger partial charge on any atom is 0.123 e. The van der Waals surface area contributed by atoms with Crippen molar-refractivity contribution in [1.82, 2.24) is 0 Å². The number of hydrogen-bond acceptors (Lipinski definition) is 2. The molecule has 1 unspecified atom stereocenters. The first-order valence-corrected chi connectivity index (χ1v) is 8.03. The smallest absolute Gasteiger partial charge is 0.123 e. The summed E-state index contributed by atoms with van der Waals surface area (Å²) < 4.78 is 5.73. The number of benzene rings is 1. The van der Waals surface area contributed by atoms with E-state index in [1.165, 1.54) is 31.2 Å². The second-order valence-electron chi connectivity index (χ2n) is 7.12. The van der Waals surface area contributed by atoms with Crippen LogP contribution in [0.15, 0.2) is 18.2 Å². The molecule has 110 valence electrons. The molecular formula is C18H26O2. The molecule has 1 fully saturated rings. The average molecular weight is 274 g/mol. The van der Waals surface area contributed by atoms with Crippen molar-refractivity contribution in [3.8, 4) is 5.75 Å². The summed E-state index contributed by atoms with van der Waals surface area (Å²) in [7, 11) is 0. The first-order valence-electron chi connectivity index (χ1n) is 8.03. The quantitative estimate of drug-likeness (QED) is 0.812. The molecule has 2 heteroatoms. The molecule has 0 amide bonds. The molecule has 0 aromatic heterocycles. The zero-order valence-corrected chi connectivity index (χ0v) is 12.7. The van der Waals surface area contributed by atoms with E-state index in [-0.39, 0.29) is 11.5 Å². The molecule has 0 spiro atoms. The van der Waals surface area contributed by atoms with Gasteiger partial charge in [-0.2, -0.15) is 0 Å². The van der Waals surface area contributed by atoms with E-state index in [2.05, 4.69) is 26.0 Å². The highest BCUT2D eigenvalue weighted by atomic mass is 16.5. The van der Waals surface area contributed by atoms with E-state index in [4.69, 9.17) is 4.74 Å². The molecule has 2 aliphatic rings. The van der Waals surface area contributed by atoms with Gasteiger partial charge in [-0.15, -0.1) is 0 Å². The number of rotatable bonds is 2. The molecule has 1 aliphatic carbocycles. The van der Waals surface area contributed by atoms with Gasteiger partial charge in [0.1, 0.15) is 5.75 Å². The van der Waals surface area contributed by atoms with Crippen LogP contribution in [0.1, 0.15) is 69.6 Å². The van der Waals surface area contributed by atoms with Crippen LogP contribution < -0.4 is 4.74 Å². The van der Waals surface area contributed by atoms with Gasteiger partial charge in [-0.25, -0.2) is 0 Å². The minimum atomic E-state index is -0.310. The largest absolute Gasteiger partial charge is 0.492 e. The molecule has 1 heterocycles. The Balaban J connectivity index is 1.83. The molecule has 3 rings (SSSR count). The van der Waals surface area contributed by atoms with Crippen molar-refractivity contribution < 1.29 is 9.84 Å². The minimum Gasteiger partial charge on any atom is -0.492 e. The van der Waals surface area contributed by atoms with Crippen molar-refractivity contribution in [2.75, 3.05) is 6.61 Å². The molecule has 1 aromatic carbocycles. The summed E-state index contributed by atoms with van der Waals surface area (Å²) in [5, 5.41) is 10.7. The average Bonchev–Trinajstić information content (AvgIpc) is 2.64. The van der Waals surface area contributed by atoms with Gasteiger partial charge >= 0.3 is 0 Å². The zero-order chi connectivity index (χ0) is 14.2. The molecular weight excluding hydrogens is 248 g/mol. The molecule has 20 heavy (non-hydrogen) atoms. The second kappa shape index (κ2) is 5.40. The van der Waals surface area contributed by atoms with Gasteiger partial charge in [-0.3, -0.25) is 0 Å². The van der Waals surface area contributed by atoms with Crippen molar-refractivity contribution in [1.29, 1.82) is 0 Å². The number of ether oxygens (including phenoxy) is 1. The Labute approximate surface area is 122 Å². The van der Waals surface area contributed by atoms with Crippen LogP contribution in [0.4, 0.5) is 0 Å². The maximum atomic E-state index is 10.7. The van der Waals surface area contributed by atoms with Gasteiger partial charge in [0.05, 0.1) is 12.7 Å². The lowest BCUT2D eigenvalue weighted by Gasteiger charge is -2.23. The molecule has 2 nitrogen and oxygen atoms in total. The minimum absolute atomic E-state index is 0.0640. The zero-order valence-electron chi connectivity index (χ0n) is 12.7. The van der Waals surface area contributed by atoms with Gasteiger partial charge in [-0.05, 0) is 36.5 Å². The Morgan fingerprint density at radius 2 is 1.85 bits per heavy atom. The summed E-state index contributed by atoms with van der Waals surface area (Å²) in [6, 6.07) is 6.27. The third-order valence-electron chi connectivity index (χ3n) is 5.01. The summed E-state index contributed by atoms with van der Waals surface area (Å²) in [5.74, 6) is 1.42. The van der Waals surface area contributed by atoms with Gasteiger partial charge in [0, 0.05) is 11.0 Å². The fourth-order valence-corrected chi connectivity index (χ4v) is 3.62. The second-order valence-corrected chi connectivity index (χ2v) is 7.12. The van der Waals surface area contributed by atoms with Gasteiger partial charge < -0.3 is 9.84 Å². The van der Waals surface area contributed by atoms with Gasteiger partial charge in [0.15, 0.2) is 0 Å². The monoisotopic (exact) mass is 274 g/mol. The molecule has 1 atom stereocenters. The normalized spacial score (nSPS) is 23.8. The topological polar surface area (TPSA) is 29.5 Å². The predicted octanol–water partition coefficient (Wildman–Crippen LogP) is 4.36. The standard InChI is InChI=1S/C18H26O2/c1-18(2)12-20-16-10-9-14(11-15(16)18)17(19)13-7-5-3-4-6-8-13/h9-11,13,17,19H,3-8,12H2,1-2H3. The van der Waals surface area contributed by atoms with Gasteiger partial charge in [0.25, 0.3) is 0 Å². The van der Waals surface area contributed by atoms with E-state index in [0.717, 1.165) is 30.8 Å². The Kier molecular flexibility index (Phi) is 3.76. The fourth-order valence-electron chi connectivity index (χ4n) is 3.62. The van der Waals surface area contributed by atoms with E-state index in [9.17, 15) is 5.11 Å². The number of aliphatic hydroxyl groups excluding tert-OH is 1. The van der Waals surface area contributed by atoms with E-state index < -0.39 is 0 Å². The summed E-state index contributed by atoms with van der Waals surface area (Å²) in [6.45, 7) is 5.16. The Morgan fingerprint density at radius 1 is 1.15 bits per heavy atom. The Morgan fingerprint density at radius 3 is 2.55 bits per heavy atom. The van der Waals surface area contributed by atoms with Crippen LogP contribution in [0, 0.1) is 5.92 Å². The highest BCUT2D eigenvalue weighted by Crippen LogP contribution is 2.41. The Bertz CT molecular complexity index is 470. The first kappa shape index (κ1) is 13.9. The first-order chi connectivity index (χ1) is 9.58. The number of fused-ring (bicyclic) bond motifs is 1. The lowest BCUT2D eigenvalue weighted by molar-refractivity contribution is 0.0987. The van der Waals surface area contributed by atoms with Crippen molar-refractivity contribution in [2.24, 2.45) is 5.92 Å². The summed E-state index contributed by atoms with van der Waals surface area (Å²) >= 11 is 0. The van der Waals surface area contributed by atoms with E-state index >= 15 is 0 Å². The summed E-state index contributed by atoms with van der Waals surface area (Å²) in [4.78, 5) is 0. The van der Waals surface area contributed by atoms with Gasteiger partial charge in [0.2, 0.25) is 0 Å². The molecule has 1 aliphatic heterocycles. The highest BCUT2D eigenvalue weighted by molar-refractivity contribution is 5.45. The van der Waals surface area contributed by atoms with Crippen molar-refractivity contribution >= 4 is 0 Å². The van der Waals surface area contributed by atoms with Crippen molar-refractivity contribution in [3.63, 3.8) is 0 Å². The predicted molar refractivity (Wildman–Crippen MR) is 81.1 cm³/mol. The third-order valence-corrected chi connectivity index (χ3v) is 5.01. The van der Waals surface area contributed by atoms with Crippen LogP contribution in [-0.4, -0.2) is 11.7 Å². The van der Waals surface area contributed by atoms with Crippen molar-refractivity contribution in [2.45, 2.75) is 63.9 Å². The molecule has 0 saturated heterocycles. The summed E-state index contributed by atoms with van der Waals surface area (Å²) in [5.41, 5.74) is 2.39. The van der Waals surface area contributed by atoms with Crippen LogP contribution in [0.3, 0.4) is 0 Å².